The van der Waals surface area contributed by atoms with E-state index in [9.17, 15) is 4.39 Å². The number of aromatic amines is 1. The molecule has 2 aromatic rings. The fourth-order valence-electron chi connectivity index (χ4n) is 1.57. The molecule has 5 heteroatoms. The highest BCUT2D eigenvalue weighted by Crippen LogP contribution is 2.17. The highest BCUT2D eigenvalue weighted by atomic mass is 19.1. The van der Waals surface area contributed by atoms with Crippen LogP contribution in [-0.4, -0.2) is 17.0 Å². The van der Waals surface area contributed by atoms with Crippen LogP contribution in [0.4, 0.5) is 10.1 Å². The molecule has 0 unspecified atom stereocenters. The van der Waals surface area contributed by atoms with Crippen LogP contribution in [0.25, 0.3) is 0 Å². The van der Waals surface area contributed by atoms with Gasteiger partial charge in [-0.3, -0.25) is 5.41 Å². The number of hydrogen-bond acceptors (Lipinski definition) is 2. The van der Waals surface area contributed by atoms with Gasteiger partial charge in [-0.1, -0.05) is 0 Å². The second kappa shape index (κ2) is 4.83. The predicted octanol–water partition coefficient (Wildman–Crippen LogP) is 2.49. The molecule has 0 aliphatic heterocycles. The van der Waals surface area contributed by atoms with Crippen molar-refractivity contribution in [1.82, 2.24) is 4.98 Å². The van der Waals surface area contributed by atoms with Gasteiger partial charge in [0.25, 0.3) is 0 Å². The van der Waals surface area contributed by atoms with Gasteiger partial charge in [0, 0.05) is 11.8 Å². The summed E-state index contributed by atoms with van der Waals surface area (Å²) in [5.74, 6) is -0.425. The standard InChI is InChI=1S/C13H13FN4/c1-8-5-11(14)12(15)6-10(8)13(16)18-7-9-3-2-4-17-9/h2-7,16-17H,15H2,1H3. The molecule has 0 atom stereocenters. The molecule has 0 saturated heterocycles. The zero-order valence-corrected chi connectivity index (χ0v) is 9.87. The Hall–Kier alpha value is -2.43. The van der Waals surface area contributed by atoms with Crippen molar-refractivity contribution in [1.29, 1.82) is 5.41 Å². The summed E-state index contributed by atoms with van der Waals surface area (Å²) < 4.78 is 13.2. The van der Waals surface area contributed by atoms with Gasteiger partial charge in [0.2, 0.25) is 0 Å². The van der Waals surface area contributed by atoms with Gasteiger partial charge in [-0.05, 0) is 36.8 Å². The number of benzene rings is 1. The van der Waals surface area contributed by atoms with Crippen LogP contribution in [0.2, 0.25) is 0 Å². The summed E-state index contributed by atoms with van der Waals surface area (Å²) in [5.41, 5.74) is 7.47. The Morgan fingerprint density at radius 2 is 2.28 bits per heavy atom. The smallest absolute Gasteiger partial charge is 0.152 e. The third kappa shape index (κ3) is 2.45. The number of aryl methyl sites for hydroxylation is 1. The Labute approximate surface area is 104 Å². The molecule has 2 rings (SSSR count). The number of nitrogens with zero attached hydrogens (tertiary/aromatic N) is 1. The van der Waals surface area contributed by atoms with E-state index >= 15 is 0 Å². The maximum atomic E-state index is 13.2. The summed E-state index contributed by atoms with van der Waals surface area (Å²) >= 11 is 0. The monoisotopic (exact) mass is 244 g/mol. The number of nitrogen functional groups attached to an aromatic ring is 1. The molecule has 0 amide bonds. The van der Waals surface area contributed by atoms with Crippen LogP contribution >= 0.6 is 0 Å². The van der Waals surface area contributed by atoms with E-state index in [4.69, 9.17) is 11.1 Å². The van der Waals surface area contributed by atoms with Crippen molar-refractivity contribution in [2.75, 3.05) is 5.73 Å². The van der Waals surface area contributed by atoms with Gasteiger partial charge in [0.15, 0.2) is 5.84 Å². The van der Waals surface area contributed by atoms with E-state index in [0.29, 0.717) is 11.1 Å². The number of rotatable bonds is 2. The Morgan fingerprint density at radius 3 is 2.94 bits per heavy atom. The van der Waals surface area contributed by atoms with E-state index in [1.54, 1.807) is 19.3 Å². The van der Waals surface area contributed by atoms with Crippen molar-refractivity contribution < 1.29 is 4.39 Å². The van der Waals surface area contributed by atoms with Crippen LogP contribution in [0.15, 0.2) is 35.5 Å². The van der Waals surface area contributed by atoms with E-state index in [0.717, 1.165) is 5.69 Å². The van der Waals surface area contributed by atoms with Gasteiger partial charge >= 0.3 is 0 Å². The van der Waals surface area contributed by atoms with Crippen molar-refractivity contribution in [2.45, 2.75) is 6.92 Å². The minimum Gasteiger partial charge on any atom is -0.396 e. The first kappa shape index (κ1) is 12.0. The predicted molar refractivity (Wildman–Crippen MR) is 70.8 cm³/mol. The lowest BCUT2D eigenvalue weighted by atomic mass is 10.1. The highest BCUT2D eigenvalue weighted by molar-refractivity contribution is 6.04. The molecule has 1 aromatic heterocycles. The third-order valence-electron chi connectivity index (χ3n) is 2.55. The number of halogens is 1. The summed E-state index contributed by atoms with van der Waals surface area (Å²) in [5, 5.41) is 7.85. The topological polar surface area (TPSA) is 78.0 Å². The van der Waals surface area contributed by atoms with Gasteiger partial charge in [-0.25, -0.2) is 9.38 Å². The highest BCUT2D eigenvalue weighted by Gasteiger charge is 2.08. The van der Waals surface area contributed by atoms with Crippen LogP contribution in [0, 0.1) is 18.2 Å². The van der Waals surface area contributed by atoms with Crippen molar-refractivity contribution in [3.63, 3.8) is 0 Å². The van der Waals surface area contributed by atoms with E-state index in [1.165, 1.54) is 12.1 Å². The summed E-state index contributed by atoms with van der Waals surface area (Å²) in [7, 11) is 0. The summed E-state index contributed by atoms with van der Waals surface area (Å²) in [6.07, 6.45) is 3.31. The molecule has 0 radical (unpaired) electrons. The first-order chi connectivity index (χ1) is 8.58. The Bertz CT molecular complexity index is 600. The van der Waals surface area contributed by atoms with Crippen LogP contribution in [0.1, 0.15) is 16.8 Å². The number of nitrogens with one attached hydrogen (secondary N) is 2. The maximum absolute atomic E-state index is 13.2. The number of hydrogen-bond donors (Lipinski definition) is 3. The Morgan fingerprint density at radius 1 is 1.50 bits per heavy atom. The molecule has 0 spiro atoms. The summed E-state index contributed by atoms with van der Waals surface area (Å²) in [4.78, 5) is 6.97. The summed E-state index contributed by atoms with van der Waals surface area (Å²) in [6, 6.07) is 6.41. The average Bonchev–Trinajstić information content (AvgIpc) is 2.84. The van der Waals surface area contributed by atoms with Gasteiger partial charge in [-0.15, -0.1) is 0 Å². The molecule has 0 aliphatic rings. The van der Waals surface area contributed by atoms with Crippen molar-refractivity contribution >= 4 is 17.7 Å². The Kier molecular flexibility index (Phi) is 3.23. The number of amidine groups is 1. The van der Waals surface area contributed by atoms with Crippen molar-refractivity contribution in [2.24, 2.45) is 4.99 Å². The number of H-pyrrole nitrogens is 1. The first-order valence-corrected chi connectivity index (χ1v) is 5.40. The maximum Gasteiger partial charge on any atom is 0.152 e. The second-order valence-corrected chi connectivity index (χ2v) is 3.92. The fourth-order valence-corrected chi connectivity index (χ4v) is 1.57. The third-order valence-corrected chi connectivity index (χ3v) is 2.55. The molecule has 92 valence electrons. The van der Waals surface area contributed by atoms with Crippen LogP contribution in [0.3, 0.4) is 0 Å². The largest absolute Gasteiger partial charge is 0.396 e. The van der Waals surface area contributed by atoms with Gasteiger partial charge in [0.05, 0.1) is 17.6 Å². The first-order valence-electron chi connectivity index (χ1n) is 5.40. The van der Waals surface area contributed by atoms with Crippen molar-refractivity contribution in [3.8, 4) is 0 Å². The van der Waals surface area contributed by atoms with E-state index in [-0.39, 0.29) is 11.5 Å². The van der Waals surface area contributed by atoms with E-state index in [2.05, 4.69) is 9.98 Å². The molecule has 1 heterocycles. The minimum atomic E-state index is -0.475. The molecule has 4 nitrogen and oxygen atoms in total. The quantitative estimate of drug-likeness (QED) is 0.423. The lowest BCUT2D eigenvalue weighted by molar-refractivity contribution is 0.631. The second-order valence-electron chi connectivity index (χ2n) is 3.92. The molecule has 0 aliphatic carbocycles. The fraction of sp³-hybridized carbons (Fsp3) is 0.0769. The van der Waals surface area contributed by atoms with Crippen molar-refractivity contribution in [3.05, 3.63) is 53.1 Å². The average molecular weight is 244 g/mol. The summed E-state index contributed by atoms with van der Waals surface area (Å²) in [6.45, 7) is 1.72. The van der Waals surface area contributed by atoms with Gasteiger partial charge in [0.1, 0.15) is 5.82 Å². The molecular formula is C13H13FN4. The van der Waals surface area contributed by atoms with Crippen LogP contribution < -0.4 is 5.73 Å². The molecule has 4 N–H and O–H groups in total. The zero-order valence-electron chi connectivity index (χ0n) is 9.87. The normalized spacial score (nSPS) is 11.0. The van der Waals surface area contributed by atoms with Crippen LogP contribution in [-0.2, 0) is 0 Å². The lowest BCUT2D eigenvalue weighted by Gasteiger charge is -2.05. The molecule has 1 aromatic carbocycles. The van der Waals surface area contributed by atoms with Gasteiger partial charge < -0.3 is 10.7 Å². The zero-order chi connectivity index (χ0) is 13.1. The van der Waals surface area contributed by atoms with E-state index in [1.807, 2.05) is 12.1 Å². The number of nitrogens with two attached hydrogens (primary N) is 1. The molecular weight excluding hydrogens is 231 g/mol. The molecule has 18 heavy (non-hydrogen) atoms. The molecule has 0 bridgehead atoms. The SMILES string of the molecule is Cc1cc(F)c(N)cc1C(=N)N=Cc1ccc[nH]1. The molecule has 0 fully saturated rings. The number of anilines is 1. The number of aromatic nitrogens is 1. The van der Waals surface area contributed by atoms with Crippen LogP contribution in [0.5, 0.6) is 0 Å². The Balaban J connectivity index is 2.27. The van der Waals surface area contributed by atoms with E-state index < -0.39 is 5.82 Å². The molecule has 0 saturated carbocycles. The lowest BCUT2D eigenvalue weighted by Crippen LogP contribution is -2.03. The number of aliphatic imine (C=N–C) groups is 1. The van der Waals surface area contributed by atoms with Gasteiger partial charge in [-0.2, -0.15) is 0 Å². The minimum absolute atomic E-state index is 0.0235.